The summed E-state index contributed by atoms with van der Waals surface area (Å²) in [5, 5.41) is 0. The normalized spacial score (nSPS) is 23.8. The largest absolute Gasteiger partial charge is 0.373 e. The summed E-state index contributed by atoms with van der Waals surface area (Å²) in [6.45, 7) is 3.18. The molecule has 1 atom stereocenters. The quantitative estimate of drug-likeness (QED) is 0.530. The molecule has 0 saturated carbocycles. The monoisotopic (exact) mass is 410 g/mol. The Bertz CT molecular complexity index is 821. The van der Waals surface area contributed by atoms with Crippen molar-refractivity contribution in [3.05, 3.63) is 47.0 Å². The van der Waals surface area contributed by atoms with Gasteiger partial charge in [0.25, 0.3) is 5.91 Å². The average Bonchev–Trinajstić information content (AvgIpc) is 3.11. The third kappa shape index (κ3) is 4.47. The lowest BCUT2D eigenvalue weighted by molar-refractivity contribution is -0.122. The molecule has 2 fully saturated rings. The van der Waals surface area contributed by atoms with Crippen LogP contribution in [-0.2, 0) is 21.1 Å². The van der Waals surface area contributed by atoms with Crippen LogP contribution in [0, 0.1) is 0 Å². The van der Waals surface area contributed by atoms with Gasteiger partial charge in [0.2, 0.25) is 0 Å². The van der Waals surface area contributed by atoms with Crippen molar-refractivity contribution in [1.29, 1.82) is 0 Å². The minimum Gasteiger partial charge on any atom is -0.373 e. The van der Waals surface area contributed by atoms with E-state index in [1.807, 2.05) is 42.2 Å². The maximum absolute atomic E-state index is 12.7. The Labute approximate surface area is 164 Å². The Balaban J connectivity index is 1.68. The van der Waals surface area contributed by atoms with Crippen LogP contribution in [0.5, 0.6) is 0 Å². The molecular weight excluding hydrogens is 388 g/mol. The fourth-order valence-corrected chi connectivity index (χ4v) is 6.26. The number of thioether (sulfide) groups is 1. The van der Waals surface area contributed by atoms with E-state index < -0.39 is 9.84 Å². The summed E-state index contributed by atoms with van der Waals surface area (Å²) in [5.74, 6) is 0.293. The van der Waals surface area contributed by atoms with Gasteiger partial charge in [0.15, 0.2) is 9.84 Å². The fourth-order valence-electron chi connectivity index (χ4n) is 3.21. The molecule has 140 valence electrons. The minimum atomic E-state index is -2.96. The minimum absolute atomic E-state index is 0.0576. The first-order chi connectivity index (χ1) is 12.4. The Morgan fingerprint density at radius 3 is 2.69 bits per heavy atom. The van der Waals surface area contributed by atoms with Gasteiger partial charge in [0, 0.05) is 25.3 Å². The molecule has 2 heterocycles. The molecule has 2 aliphatic heterocycles. The highest BCUT2D eigenvalue weighted by Gasteiger charge is 2.35. The van der Waals surface area contributed by atoms with Crippen molar-refractivity contribution in [1.82, 2.24) is 9.80 Å². The summed E-state index contributed by atoms with van der Waals surface area (Å²) < 4.78 is 24.0. The molecule has 0 N–H and O–H groups in total. The van der Waals surface area contributed by atoms with Gasteiger partial charge in [-0.05, 0) is 25.3 Å². The summed E-state index contributed by atoms with van der Waals surface area (Å²) in [6.07, 6.45) is 3.16. The van der Waals surface area contributed by atoms with Crippen molar-refractivity contribution in [2.75, 3.05) is 24.6 Å². The van der Waals surface area contributed by atoms with Crippen molar-refractivity contribution in [3.63, 3.8) is 0 Å². The van der Waals surface area contributed by atoms with E-state index in [0.717, 1.165) is 12.0 Å². The van der Waals surface area contributed by atoms with Crippen LogP contribution in [0.4, 0.5) is 0 Å². The van der Waals surface area contributed by atoms with Crippen LogP contribution in [0.25, 0.3) is 0 Å². The van der Waals surface area contributed by atoms with E-state index in [0.29, 0.717) is 28.7 Å². The number of hydrogen-bond donors (Lipinski definition) is 0. The summed E-state index contributed by atoms with van der Waals surface area (Å²) in [6, 6.07) is 9.94. The summed E-state index contributed by atoms with van der Waals surface area (Å²) in [7, 11) is -2.96. The second-order valence-electron chi connectivity index (χ2n) is 6.44. The third-order valence-corrected chi connectivity index (χ3v) is 7.78. The van der Waals surface area contributed by atoms with Crippen LogP contribution in [-0.4, -0.2) is 59.1 Å². The topological polar surface area (TPSA) is 57.7 Å². The van der Waals surface area contributed by atoms with Crippen LogP contribution < -0.4 is 0 Å². The van der Waals surface area contributed by atoms with Gasteiger partial charge in [-0.3, -0.25) is 9.69 Å². The van der Waals surface area contributed by atoms with Gasteiger partial charge in [-0.2, -0.15) is 0 Å². The van der Waals surface area contributed by atoms with E-state index in [4.69, 9.17) is 12.2 Å². The zero-order valence-corrected chi connectivity index (χ0v) is 17.1. The number of nitrogens with zero attached hydrogens (tertiary/aromatic N) is 2. The molecular formula is C18H22N2O3S3. The first kappa shape index (κ1) is 19.4. The lowest BCUT2D eigenvalue weighted by Gasteiger charge is -2.25. The van der Waals surface area contributed by atoms with Crippen LogP contribution in [0.3, 0.4) is 0 Å². The predicted molar refractivity (Wildman–Crippen MR) is 110 cm³/mol. The molecule has 2 aliphatic rings. The van der Waals surface area contributed by atoms with Crippen molar-refractivity contribution >= 4 is 44.0 Å². The first-order valence-corrected chi connectivity index (χ1v) is 11.7. The maximum atomic E-state index is 12.7. The van der Waals surface area contributed by atoms with Gasteiger partial charge in [-0.15, -0.1) is 0 Å². The Morgan fingerprint density at radius 1 is 1.35 bits per heavy atom. The molecule has 26 heavy (non-hydrogen) atoms. The highest BCUT2D eigenvalue weighted by atomic mass is 32.2. The number of carbonyl (C=O) groups is 1. The second-order valence-corrected chi connectivity index (χ2v) is 10.3. The third-order valence-electron chi connectivity index (χ3n) is 4.67. The van der Waals surface area contributed by atoms with Crippen molar-refractivity contribution in [2.45, 2.75) is 25.8 Å². The number of benzene rings is 1. The zero-order valence-electron chi connectivity index (χ0n) is 14.6. The molecule has 1 aromatic rings. The SMILES string of the molecule is CCN(/C=C1\SC(=S)N(CCc2ccccc2)C1=O)[C@H]1CCS(=O)(=O)C1. The average molecular weight is 411 g/mol. The van der Waals surface area contributed by atoms with E-state index in [2.05, 4.69) is 0 Å². The van der Waals surface area contributed by atoms with E-state index in [1.54, 1.807) is 11.1 Å². The highest BCUT2D eigenvalue weighted by molar-refractivity contribution is 8.26. The molecule has 1 amide bonds. The molecule has 0 spiro atoms. The van der Waals surface area contributed by atoms with Gasteiger partial charge >= 0.3 is 0 Å². The molecule has 3 rings (SSSR count). The molecule has 5 nitrogen and oxygen atoms in total. The molecule has 0 radical (unpaired) electrons. The number of thiocarbonyl (C=S) groups is 1. The van der Waals surface area contributed by atoms with Gasteiger partial charge in [-0.25, -0.2) is 8.42 Å². The Morgan fingerprint density at radius 2 is 2.08 bits per heavy atom. The zero-order chi connectivity index (χ0) is 18.7. The standard InChI is InChI=1S/C18H22N2O3S3/c1-2-19(15-9-11-26(22,23)13-15)12-16-17(21)20(18(24)25-16)10-8-14-6-4-3-5-7-14/h3-7,12,15H,2,8-11,13H2,1H3/b16-12-/t15-/m0/s1. The smallest absolute Gasteiger partial charge is 0.267 e. The molecule has 8 heteroatoms. The van der Waals surface area contributed by atoms with E-state index in [1.165, 1.54) is 11.8 Å². The lowest BCUT2D eigenvalue weighted by atomic mass is 10.1. The van der Waals surface area contributed by atoms with Crippen molar-refractivity contribution < 1.29 is 13.2 Å². The molecule has 0 aliphatic carbocycles. The number of amides is 1. The highest BCUT2D eigenvalue weighted by Crippen LogP contribution is 2.32. The maximum Gasteiger partial charge on any atom is 0.267 e. The molecule has 0 aromatic heterocycles. The number of carbonyl (C=O) groups excluding carboxylic acids is 1. The number of hydrogen-bond acceptors (Lipinski definition) is 6. The second kappa shape index (κ2) is 8.10. The fraction of sp³-hybridized carbons (Fsp3) is 0.444. The number of rotatable bonds is 6. The Kier molecular flexibility index (Phi) is 6.04. The van der Waals surface area contributed by atoms with E-state index in [-0.39, 0.29) is 23.5 Å². The summed E-state index contributed by atoms with van der Waals surface area (Å²) in [5.41, 5.74) is 1.16. The van der Waals surface area contributed by atoms with E-state index in [9.17, 15) is 13.2 Å². The van der Waals surface area contributed by atoms with Gasteiger partial charge in [0.05, 0.1) is 16.4 Å². The van der Waals surface area contributed by atoms with Crippen molar-refractivity contribution in [2.24, 2.45) is 0 Å². The van der Waals surface area contributed by atoms with Gasteiger partial charge < -0.3 is 4.90 Å². The van der Waals surface area contributed by atoms with Crippen LogP contribution in [0.2, 0.25) is 0 Å². The molecule has 1 aromatic carbocycles. The number of sulfone groups is 1. The van der Waals surface area contributed by atoms with Crippen LogP contribution >= 0.6 is 24.0 Å². The van der Waals surface area contributed by atoms with Gasteiger partial charge in [0.1, 0.15) is 4.32 Å². The lowest BCUT2D eigenvalue weighted by Crippen LogP contribution is -2.33. The van der Waals surface area contributed by atoms with Crippen LogP contribution in [0.15, 0.2) is 41.4 Å². The predicted octanol–water partition coefficient (Wildman–Crippen LogP) is 2.44. The first-order valence-electron chi connectivity index (χ1n) is 8.65. The summed E-state index contributed by atoms with van der Waals surface area (Å²) in [4.78, 5) is 16.9. The van der Waals surface area contributed by atoms with E-state index >= 15 is 0 Å². The summed E-state index contributed by atoms with van der Waals surface area (Å²) >= 11 is 6.68. The van der Waals surface area contributed by atoms with Gasteiger partial charge in [-0.1, -0.05) is 54.3 Å². The van der Waals surface area contributed by atoms with Crippen LogP contribution in [0.1, 0.15) is 18.9 Å². The molecule has 0 bridgehead atoms. The Hall–Kier alpha value is -1.38. The molecule has 2 saturated heterocycles. The molecule has 0 unspecified atom stereocenters. The van der Waals surface area contributed by atoms with Crippen molar-refractivity contribution in [3.8, 4) is 0 Å².